The number of hydrogen-bond acceptors (Lipinski definition) is 5. The molecule has 220 valence electrons. The van der Waals surface area contributed by atoms with Crippen LogP contribution in [0.1, 0.15) is 40.7 Å². The number of ketones is 1. The number of nitrogens with zero attached hydrogens (tertiary/aromatic N) is 1. The normalized spacial score (nSPS) is 13.1. The molecule has 0 bridgehead atoms. The van der Waals surface area contributed by atoms with Gasteiger partial charge < -0.3 is 20.1 Å². The second-order valence-electron chi connectivity index (χ2n) is 10.6. The number of nitrogens with one attached hydrogen (secondary N) is 1. The van der Waals surface area contributed by atoms with E-state index in [4.69, 9.17) is 16.3 Å². The van der Waals surface area contributed by atoms with Crippen molar-refractivity contribution < 1.29 is 24.2 Å². The Balaban J connectivity index is 1.16. The van der Waals surface area contributed by atoms with Crippen LogP contribution in [0.3, 0.4) is 0 Å². The number of para-hydroxylation sites is 1. The molecular formula is C35H33ClN2O5. The van der Waals surface area contributed by atoms with Crippen LogP contribution in [-0.2, 0) is 16.0 Å². The van der Waals surface area contributed by atoms with Crippen molar-refractivity contribution in [3.05, 3.63) is 125 Å². The largest absolute Gasteiger partial charge is 0.494 e. The first-order valence-electron chi connectivity index (χ1n) is 14.4. The topological polar surface area (TPSA) is 95.9 Å². The third kappa shape index (κ3) is 8.02. The van der Waals surface area contributed by atoms with Gasteiger partial charge in [0.2, 0.25) is 5.91 Å². The van der Waals surface area contributed by atoms with Gasteiger partial charge in [0.05, 0.1) is 6.61 Å². The number of carbonyl (C=O) groups excluding carboxylic acids is 2. The third-order valence-electron chi connectivity index (χ3n) is 7.32. The average Bonchev–Trinajstić information content (AvgIpc) is 3.88. The fraction of sp³-hybridized carbons (Fsp3) is 0.229. The Bertz CT molecular complexity index is 1550. The van der Waals surface area contributed by atoms with Crippen molar-refractivity contribution in [3.8, 4) is 5.75 Å². The minimum atomic E-state index is -1.02. The lowest BCUT2D eigenvalue weighted by Crippen LogP contribution is -2.33. The quantitative estimate of drug-likeness (QED) is 0.122. The number of carbonyl (C=O) groups is 3. The summed E-state index contributed by atoms with van der Waals surface area (Å²) in [5.41, 5.74) is 3.06. The molecule has 4 aromatic carbocycles. The second-order valence-corrected chi connectivity index (χ2v) is 11.0. The molecule has 1 saturated carbocycles. The van der Waals surface area contributed by atoms with Crippen LogP contribution in [0.5, 0.6) is 5.75 Å². The van der Waals surface area contributed by atoms with E-state index < -0.39 is 12.0 Å². The van der Waals surface area contributed by atoms with Gasteiger partial charge in [0, 0.05) is 46.4 Å². The Morgan fingerprint density at radius 1 is 0.884 bits per heavy atom. The van der Waals surface area contributed by atoms with E-state index in [1.165, 1.54) is 0 Å². The predicted molar refractivity (Wildman–Crippen MR) is 168 cm³/mol. The molecule has 1 atom stereocenters. The zero-order chi connectivity index (χ0) is 30.2. The molecule has 0 unspecified atom stereocenters. The van der Waals surface area contributed by atoms with Gasteiger partial charge in [-0.05, 0) is 73.4 Å². The summed E-state index contributed by atoms with van der Waals surface area (Å²) in [4.78, 5) is 39.9. The molecule has 0 heterocycles. The van der Waals surface area contributed by atoms with E-state index in [0.717, 1.165) is 24.1 Å². The van der Waals surface area contributed by atoms with Crippen molar-refractivity contribution in [1.29, 1.82) is 0 Å². The molecule has 7 nitrogen and oxygen atoms in total. The van der Waals surface area contributed by atoms with Gasteiger partial charge in [0.25, 0.3) is 0 Å². The number of carboxylic acids is 1. The molecule has 5 rings (SSSR count). The highest BCUT2D eigenvalue weighted by Gasteiger charge is 2.33. The number of benzene rings is 4. The number of aliphatic carboxylic acids is 1. The number of hydrogen-bond donors (Lipinski definition) is 2. The number of rotatable bonds is 14. The van der Waals surface area contributed by atoms with Gasteiger partial charge >= 0.3 is 5.97 Å². The molecule has 8 heteroatoms. The maximum absolute atomic E-state index is 13.1. The molecule has 0 aliphatic heterocycles. The highest BCUT2D eigenvalue weighted by atomic mass is 35.5. The first kappa shape index (κ1) is 29.9. The Morgan fingerprint density at radius 3 is 2.23 bits per heavy atom. The summed E-state index contributed by atoms with van der Waals surface area (Å²) in [6.45, 7) is 0.960. The summed E-state index contributed by atoms with van der Waals surface area (Å²) >= 11 is 6.03. The molecule has 2 N–H and O–H groups in total. The SMILES string of the molecule is O=C(c1ccccc1)c1ccccc1N[C@@H](Cc1ccc(OCCCN(C(=O)C2CC2)c2ccc(Cl)cc2)cc1)C(=O)O. The number of halogens is 1. The summed E-state index contributed by atoms with van der Waals surface area (Å²) in [5.74, 6) is -0.295. The van der Waals surface area contributed by atoms with Crippen molar-refractivity contribution in [3.63, 3.8) is 0 Å². The standard InChI is InChI=1S/C35H33ClN2O5/c36-27-15-17-28(18-16-27)38(34(40)26-13-14-26)21-6-22-43-29-19-11-24(12-20-29)23-32(35(41)42)37-31-10-5-4-9-30(31)33(39)25-7-2-1-3-8-25/h1-5,7-12,15-20,26,32,37H,6,13-14,21-23H2,(H,41,42)/t32-/m0/s1. The summed E-state index contributed by atoms with van der Waals surface area (Å²) in [7, 11) is 0. The van der Waals surface area contributed by atoms with E-state index in [1.807, 2.05) is 47.4 Å². The molecule has 1 amide bonds. The molecule has 0 aromatic heterocycles. The van der Waals surface area contributed by atoms with Crippen LogP contribution in [0.2, 0.25) is 5.02 Å². The predicted octanol–water partition coefficient (Wildman–Crippen LogP) is 6.89. The van der Waals surface area contributed by atoms with Crippen LogP contribution in [0.25, 0.3) is 0 Å². The molecule has 0 saturated heterocycles. The molecular weight excluding hydrogens is 564 g/mol. The van der Waals surface area contributed by atoms with E-state index in [2.05, 4.69) is 5.32 Å². The zero-order valence-corrected chi connectivity index (χ0v) is 24.4. The highest BCUT2D eigenvalue weighted by molar-refractivity contribution is 6.30. The van der Waals surface area contributed by atoms with Gasteiger partial charge in [-0.15, -0.1) is 0 Å². The molecule has 1 aliphatic rings. The van der Waals surface area contributed by atoms with Crippen LogP contribution >= 0.6 is 11.6 Å². The van der Waals surface area contributed by atoms with Crippen LogP contribution in [-0.4, -0.2) is 42.0 Å². The van der Waals surface area contributed by atoms with E-state index >= 15 is 0 Å². The molecule has 0 radical (unpaired) electrons. The van der Waals surface area contributed by atoms with E-state index in [0.29, 0.717) is 47.2 Å². The molecule has 43 heavy (non-hydrogen) atoms. The molecule has 1 aliphatic carbocycles. The maximum Gasteiger partial charge on any atom is 0.326 e. The first-order valence-corrected chi connectivity index (χ1v) is 14.7. The number of anilines is 2. The Kier molecular flexibility index (Phi) is 9.74. The zero-order valence-electron chi connectivity index (χ0n) is 23.6. The van der Waals surface area contributed by atoms with Gasteiger partial charge in [-0.1, -0.05) is 66.2 Å². The molecule has 0 spiro atoms. The van der Waals surface area contributed by atoms with E-state index in [9.17, 15) is 19.5 Å². The minimum Gasteiger partial charge on any atom is -0.494 e. The lowest BCUT2D eigenvalue weighted by atomic mass is 10.00. The van der Waals surface area contributed by atoms with Crippen LogP contribution in [0.4, 0.5) is 11.4 Å². The minimum absolute atomic E-state index is 0.103. The fourth-order valence-corrected chi connectivity index (χ4v) is 4.97. The Labute approximate surface area is 256 Å². The molecule has 1 fully saturated rings. The Morgan fingerprint density at radius 2 is 1.56 bits per heavy atom. The summed E-state index contributed by atoms with van der Waals surface area (Å²) in [6.07, 6.45) is 2.72. The smallest absolute Gasteiger partial charge is 0.326 e. The first-order chi connectivity index (χ1) is 20.9. The van der Waals surface area contributed by atoms with Crippen molar-refractivity contribution in [2.75, 3.05) is 23.4 Å². The monoisotopic (exact) mass is 596 g/mol. The van der Waals surface area contributed by atoms with Gasteiger partial charge in [-0.3, -0.25) is 9.59 Å². The lowest BCUT2D eigenvalue weighted by molar-refractivity contribution is -0.137. The van der Waals surface area contributed by atoms with Crippen molar-refractivity contribution in [2.24, 2.45) is 5.92 Å². The Hall–Kier alpha value is -4.62. The number of amides is 1. The van der Waals surface area contributed by atoms with E-state index in [-0.39, 0.29) is 24.0 Å². The van der Waals surface area contributed by atoms with Crippen molar-refractivity contribution >= 4 is 40.6 Å². The highest BCUT2D eigenvalue weighted by Crippen LogP contribution is 2.33. The van der Waals surface area contributed by atoms with Crippen LogP contribution < -0.4 is 15.0 Å². The summed E-state index contributed by atoms with van der Waals surface area (Å²) in [5, 5.41) is 13.6. The maximum atomic E-state index is 13.1. The van der Waals surface area contributed by atoms with Gasteiger partial charge in [0.1, 0.15) is 11.8 Å². The molecule has 4 aromatic rings. The summed E-state index contributed by atoms with van der Waals surface area (Å²) < 4.78 is 5.93. The van der Waals surface area contributed by atoms with Crippen LogP contribution in [0.15, 0.2) is 103 Å². The van der Waals surface area contributed by atoms with E-state index in [1.54, 1.807) is 60.7 Å². The number of ether oxygens (including phenoxy) is 1. The summed E-state index contributed by atoms with van der Waals surface area (Å²) in [6, 6.07) is 29.5. The second kappa shape index (κ2) is 14.0. The van der Waals surface area contributed by atoms with Gasteiger partial charge in [0.15, 0.2) is 5.78 Å². The van der Waals surface area contributed by atoms with Crippen molar-refractivity contribution in [1.82, 2.24) is 0 Å². The van der Waals surface area contributed by atoms with Gasteiger partial charge in [-0.25, -0.2) is 4.79 Å². The third-order valence-corrected chi connectivity index (χ3v) is 7.58. The van der Waals surface area contributed by atoms with Crippen molar-refractivity contribution in [2.45, 2.75) is 31.7 Å². The van der Waals surface area contributed by atoms with Crippen LogP contribution in [0, 0.1) is 5.92 Å². The lowest BCUT2D eigenvalue weighted by Gasteiger charge is -2.23. The average molecular weight is 597 g/mol. The van der Waals surface area contributed by atoms with Gasteiger partial charge in [-0.2, -0.15) is 0 Å². The fourth-order valence-electron chi connectivity index (χ4n) is 4.85. The number of carboxylic acid groups (broad SMARTS) is 1.